The van der Waals surface area contributed by atoms with Gasteiger partial charge in [0.05, 0.1) is 0 Å². The number of nitrogens with zero attached hydrogens (tertiary/aromatic N) is 3. The van der Waals surface area contributed by atoms with Crippen LogP contribution in [0, 0.1) is 0 Å². The molecule has 0 saturated carbocycles. The second-order valence-corrected chi connectivity index (χ2v) is 12.3. The quantitative estimate of drug-likeness (QED) is 0.194. The van der Waals surface area contributed by atoms with Crippen LogP contribution in [0.5, 0.6) is 0 Å². The van der Waals surface area contributed by atoms with Crippen LogP contribution in [-0.4, -0.2) is 15.0 Å². The summed E-state index contributed by atoms with van der Waals surface area (Å²) in [4.78, 5) is 15.5. The summed E-state index contributed by atoms with van der Waals surface area (Å²) in [6.07, 6.45) is 0. The molecule has 4 aromatic heterocycles. The fourth-order valence-electron chi connectivity index (χ4n) is 6.70. The van der Waals surface area contributed by atoms with Gasteiger partial charge in [-0.15, -0.1) is 11.3 Å². The second kappa shape index (κ2) is 8.93. The Kier molecular flexibility index (Phi) is 4.84. The molecule has 6 bridgehead atoms. The first-order chi connectivity index (χ1) is 21.8. The van der Waals surface area contributed by atoms with E-state index in [0.717, 1.165) is 54.4 Å². The zero-order valence-corrected chi connectivity index (χ0v) is 24.1. The molecular formula is C39H21N3OS. The maximum atomic E-state index is 6.39. The van der Waals surface area contributed by atoms with Crippen LogP contribution in [0.15, 0.2) is 132 Å². The maximum Gasteiger partial charge on any atom is 0.164 e. The zero-order chi connectivity index (χ0) is 28.8. The summed E-state index contributed by atoms with van der Waals surface area (Å²) in [5.41, 5.74) is 3.93. The van der Waals surface area contributed by atoms with Gasteiger partial charge < -0.3 is 4.42 Å². The number of hydrogen-bond donors (Lipinski definition) is 0. The smallest absolute Gasteiger partial charge is 0.164 e. The SMILES string of the molecule is c1cc2cc(c1)c1ccccc1c1ccc3oc4cccc(c5nc(-c6cccc7sc8ccccc8c67)nc2n5)c4c3c1. The van der Waals surface area contributed by atoms with E-state index >= 15 is 0 Å². The van der Waals surface area contributed by atoms with E-state index in [9.17, 15) is 0 Å². The van der Waals surface area contributed by atoms with Crippen molar-refractivity contribution in [3.8, 4) is 11.4 Å². The van der Waals surface area contributed by atoms with Crippen LogP contribution in [0.25, 0.3) is 97.1 Å². The van der Waals surface area contributed by atoms with E-state index in [0.29, 0.717) is 17.1 Å². The minimum Gasteiger partial charge on any atom is -0.456 e. The summed E-state index contributed by atoms with van der Waals surface area (Å²) in [6.45, 7) is 0. The molecule has 10 aromatic rings. The molecule has 4 nitrogen and oxygen atoms in total. The van der Waals surface area contributed by atoms with Gasteiger partial charge in [-0.05, 0) is 57.9 Å². The number of furan rings is 1. The van der Waals surface area contributed by atoms with Gasteiger partial charge in [0.1, 0.15) is 11.2 Å². The average Bonchev–Trinajstić information content (AvgIpc) is 3.66. The predicted octanol–water partition coefficient (Wildman–Crippen LogP) is 11.0. The highest BCUT2D eigenvalue weighted by atomic mass is 32.1. The highest BCUT2D eigenvalue weighted by molar-refractivity contribution is 7.25. The zero-order valence-electron chi connectivity index (χ0n) is 23.3. The van der Waals surface area contributed by atoms with Crippen LogP contribution in [0.3, 0.4) is 0 Å². The summed E-state index contributed by atoms with van der Waals surface area (Å²) in [6, 6.07) is 44.7. The fourth-order valence-corrected chi connectivity index (χ4v) is 7.83. The van der Waals surface area contributed by atoms with Crippen molar-refractivity contribution in [2.24, 2.45) is 0 Å². The number of aromatic nitrogens is 3. The Labute approximate surface area is 254 Å². The Morgan fingerprint density at radius 1 is 0.432 bits per heavy atom. The molecule has 0 aliphatic carbocycles. The molecule has 0 N–H and O–H groups in total. The van der Waals surface area contributed by atoms with Gasteiger partial charge in [0.2, 0.25) is 0 Å². The topological polar surface area (TPSA) is 51.8 Å². The third kappa shape index (κ3) is 3.41. The molecule has 0 atom stereocenters. The molecule has 6 aromatic carbocycles. The van der Waals surface area contributed by atoms with Gasteiger partial charge in [-0.2, -0.15) is 0 Å². The van der Waals surface area contributed by atoms with Crippen LogP contribution in [-0.2, 0) is 0 Å². The number of benzene rings is 6. The Morgan fingerprint density at radius 2 is 1.14 bits per heavy atom. The second-order valence-electron chi connectivity index (χ2n) is 11.2. The van der Waals surface area contributed by atoms with Crippen LogP contribution in [0.4, 0.5) is 0 Å². The monoisotopic (exact) mass is 579 g/mol. The summed E-state index contributed by atoms with van der Waals surface area (Å²) in [5, 5.41) is 10.9. The lowest BCUT2D eigenvalue weighted by molar-refractivity contribution is 0.669. The first-order valence-electron chi connectivity index (χ1n) is 14.6. The van der Waals surface area contributed by atoms with E-state index < -0.39 is 0 Å². The van der Waals surface area contributed by atoms with E-state index in [1.54, 1.807) is 11.3 Å². The average molecular weight is 580 g/mol. The molecule has 0 radical (unpaired) electrons. The first kappa shape index (κ1) is 23.9. The molecule has 44 heavy (non-hydrogen) atoms. The third-order valence-electron chi connectivity index (χ3n) is 8.68. The molecule has 5 heteroatoms. The maximum absolute atomic E-state index is 6.39. The van der Waals surface area contributed by atoms with Crippen molar-refractivity contribution >= 4 is 97.1 Å². The highest BCUT2D eigenvalue weighted by Crippen LogP contribution is 2.40. The van der Waals surface area contributed by atoms with Gasteiger partial charge in [0.15, 0.2) is 17.1 Å². The van der Waals surface area contributed by atoms with Crippen LogP contribution >= 0.6 is 11.3 Å². The lowest BCUT2D eigenvalue weighted by atomic mass is 10.0. The van der Waals surface area contributed by atoms with Crippen molar-refractivity contribution in [1.29, 1.82) is 0 Å². The fraction of sp³-hybridized carbons (Fsp3) is 0. The largest absolute Gasteiger partial charge is 0.456 e. The van der Waals surface area contributed by atoms with Crippen LogP contribution in [0.1, 0.15) is 0 Å². The molecule has 204 valence electrons. The van der Waals surface area contributed by atoms with Crippen LogP contribution in [0.2, 0.25) is 0 Å². The van der Waals surface area contributed by atoms with Crippen molar-refractivity contribution in [2.75, 3.05) is 0 Å². The normalized spacial score (nSPS) is 12.1. The molecule has 0 aliphatic heterocycles. The summed E-state index contributed by atoms with van der Waals surface area (Å²) < 4.78 is 8.85. The molecule has 4 heterocycles. The third-order valence-corrected chi connectivity index (χ3v) is 9.82. The lowest BCUT2D eigenvalue weighted by Crippen LogP contribution is -1.95. The standard InChI is InChI=1S/C39H21N3OS/c1-2-11-26-23-18-19-31-30(21-23)35-28(13-6-15-32(35)43-31)38-40-37(24-9-5-8-22(20-24)25(26)10-1)41-39(42-38)29-14-7-17-34-36(29)27-12-3-4-16-33(27)44-34/h1-21H. The molecule has 0 saturated heterocycles. The molecule has 0 aliphatic rings. The Morgan fingerprint density at radius 3 is 2.05 bits per heavy atom. The van der Waals surface area contributed by atoms with Crippen molar-refractivity contribution < 1.29 is 4.42 Å². The molecule has 10 rings (SSSR count). The van der Waals surface area contributed by atoms with Gasteiger partial charge in [-0.1, -0.05) is 91.0 Å². The molecule has 0 amide bonds. The van der Waals surface area contributed by atoms with Crippen molar-refractivity contribution in [3.63, 3.8) is 0 Å². The van der Waals surface area contributed by atoms with E-state index in [1.807, 2.05) is 12.1 Å². The van der Waals surface area contributed by atoms with E-state index in [2.05, 4.69) is 115 Å². The summed E-state index contributed by atoms with van der Waals surface area (Å²) in [7, 11) is 0. The number of rotatable bonds is 1. The number of thiophene rings is 1. The summed E-state index contributed by atoms with van der Waals surface area (Å²) >= 11 is 1.80. The Bertz CT molecular complexity index is 2850. The van der Waals surface area contributed by atoms with Gasteiger partial charge in [0.25, 0.3) is 0 Å². The van der Waals surface area contributed by atoms with E-state index in [4.69, 9.17) is 19.4 Å². The van der Waals surface area contributed by atoms with Crippen molar-refractivity contribution in [2.45, 2.75) is 0 Å². The number of fused-ring (bicyclic) bond motifs is 13. The molecule has 0 unspecified atom stereocenters. The lowest BCUT2D eigenvalue weighted by Gasteiger charge is -2.06. The Hall–Kier alpha value is -5.65. The van der Waals surface area contributed by atoms with E-state index in [-0.39, 0.29) is 0 Å². The first-order valence-corrected chi connectivity index (χ1v) is 15.4. The van der Waals surface area contributed by atoms with Crippen molar-refractivity contribution in [1.82, 2.24) is 15.0 Å². The minimum absolute atomic E-state index is 0.627. The van der Waals surface area contributed by atoms with Gasteiger partial charge in [-0.3, -0.25) is 0 Å². The Balaban J connectivity index is 1.47. The molecule has 0 spiro atoms. The number of hydrogen-bond acceptors (Lipinski definition) is 5. The summed E-state index contributed by atoms with van der Waals surface area (Å²) in [5.74, 6) is 0.658. The van der Waals surface area contributed by atoms with Crippen LogP contribution < -0.4 is 0 Å². The van der Waals surface area contributed by atoms with Gasteiger partial charge in [0, 0.05) is 47.3 Å². The van der Waals surface area contributed by atoms with Crippen molar-refractivity contribution in [3.05, 3.63) is 127 Å². The molecular weight excluding hydrogens is 559 g/mol. The highest BCUT2D eigenvalue weighted by Gasteiger charge is 2.16. The van der Waals surface area contributed by atoms with Gasteiger partial charge in [-0.25, -0.2) is 15.0 Å². The van der Waals surface area contributed by atoms with E-state index in [1.165, 1.54) is 25.6 Å². The molecule has 0 fully saturated rings. The van der Waals surface area contributed by atoms with Gasteiger partial charge >= 0.3 is 0 Å². The minimum atomic E-state index is 0.627. The predicted molar refractivity (Wildman–Crippen MR) is 184 cm³/mol.